The van der Waals surface area contributed by atoms with Gasteiger partial charge in [0.25, 0.3) is 11.5 Å². The Labute approximate surface area is 184 Å². The molecule has 2 aromatic carbocycles. The van der Waals surface area contributed by atoms with Crippen molar-refractivity contribution in [2.24, 2.45) is 0 Å². The molecule has 3 aromatic rings. The Morgan fingerprint density at radius 2 is 1.77 bits per heavy atom. The van der Waals surface area contributed by atoms with Crippen LogP contribution in [0, 0.1) is 25.5 Å². The molecule has 0 unspecified atom stereocenters. The number of hydrogen-bond donors (Lipinski definition) is 1. The summed E-state index contributed by atoms with van der Waals surface area (Å²) >= 11 is 3.14. The molecule has 1 heterocycles. The van der Waals surface area contributed by atoms with Gasteiger partial charge in [-0.05, 0) is 59.6 Å². The smallest absolute Gasteiger partial charge is 0.346 e. The number of halogens is 3. The van der Waals surface area contributed by atoms with E-state index in [0.29, 0.717) is 23.0 Å². The number of esters is 1. The van der Waals surface area contributed by atoms with Crippen LogP contribution < -0.4 is 15.6 Å². The molecule has 0 aliphatic rings. The van der Waals surface area contributed by atoms with Crippen molar-refractivity contribution in [3.05, 3.63) is 91.3 Å². The predicted molar refractivity (Wildman–Crippen MR) is 114 cm³/mol. The number of hydrogen-bond acceptors (Lipinski definition) is 4. The summed E-state index contributed by atoms with van der Waals surface area (Å²) in [5.41, 5.74) is 0.985. The van der Waals surface area contributed by atoms with Crippen LogP contribution in [0.25, 0.3) is 5.69 Å². The summed E-state index contributed by atoms with van der Waals surface area (Å²) in [6.07, 6.45) is 0. The highest BCUT2D eigenvalue weighted by atomic mass is 79.9. The van der Waals surface area contributed by atoms with Crippen molar-refractivity contribution >= 4 is 27.8 Å². The molecular weight excluding hydrogens is 474 g/mol. The Balaban J connectivity index is 2.05. The Bertz CT molecular complexity index is 1270. The molecule has 0 radical (unpaired) electrons. The Morgan fingerprint density at radius 1 is 1.06 bits per heavy atom. The third kappa shape index (κ3) is 4.41. The highest BCUT2D eigenvalue weighted by Gasteiger charge is 2.20. The fourth-order valence-corrected chi connectivity index (χ4v) is 3.37. The van der Waals surface area contributed by atoms with E-state index in [4.69, 9.17) is 4.74 Å². The standard InChI is InChI=1S/C22H17BrF2N2O4/c1-11-4-5-13(20(28)26-3)9-17(11)27-12(2)8-18(19(23)21(27)29)31-22(30)15-7-6-14(24)10-16(15)25/h4-10H,1-3H3,(H,26,28). The van der Waals surface area contributed by atoms with E-state index in [9.17, 15) is 23.2 Å². The van der Waals surface area contributed by atoms with Crippen LogP contribution in [0.15, 0.2) is 51.7 Å². The maximum absolute atomic E-state index is 13.9. The maximum atomic E-state index is 13.9. The molecule has 0 spiro atoms. The monoisotopic (exact) mass is 490 g/mol. The van der Waals surface area contributed by atoms with Crippen molar-refractivity contribution in [1.29, 1.82) is 0 Å². The molecule has 31 heavy (non-hydrogen) atoms. The van der Waals surface area contributed by atoms with Gasteiger partial charge in [0.15, 0.2) is 5.75 Å². The average Bonchev–Trinajstić information content (AvgIpc) is 2.72. The first-order chi connectivity index (χ1) is 14.6. The van der Waals surface area contributed by atoms with Crippen molar-refractivity contribution in [3.63, 3.8) is 0 Å². The number of pyridine rings is 1. The second-order valence-corrected chi connectivity index (χ2v) is 7.49. The van der Waals surface area contributed by atoms with Gasteiger partial charge in [-0.3, -0.25) is 14.2 Å². The van der Waals surface area contributed by atoms with Crippen molar-refractivity contribution in [1.82, 2.24) is 9.88 Å². The van der Waals surface area contributed by atoms with Crippen LogP contribution in [0.3, 0.4) is 0 Å². The van der Waals surface area contributed by atoms with E-state index < -0.39 is 28.7 Å². The lowest BCUT2D eigenvalue weighted by Crippen LogP contribution is -2.25. The number of carbonyl (C=O) groups is 2. The van der Waals surface area contributed by atoms with Crippen LogP contribution in [-0.4, -0.2) is 23.5 Å². The summed E-state index contributed by atoms with van der Waals surface area (Å²) in [5.74, 6) is -3.41. The second kappa shape index (κ2) is 8.81. The lowest BCUT2D eigenvalue weighted by atomic mass is 10.1. The van der Waals surface area contributed by atoms with Gasteiger partial charge in [-0.25, -0.2) is 13.6 Å². The van der Waals surface area contributed by atoms with E-state index in [1.807, 2.05) is 0 Å². The summed E-state index contributed by atoms with van der Waals surface area (Å²) in [6.45, 7) is 3.41. The van der Waals surface area contributed by atoms with E-state index in [-0.39, 0.29) is 16.1 Å². The van der Waals surface area contributed by atoms with Crippen molar-refractivity contribution in [2.45, 2.75) is 13.8 Å². The van der Waals surface area contributed by atoms with Gasteiger partial charge in [0.1, 0.15) is 16.1 Å². The van der Waals surface area contributed by atoms with Crippen LogP contribution in [0.4, 0.5) is 8.78 Å². The topological polar surface area (TPSA) is 77.4 Å². The van der Waals surface area contributed by atoms with Gasteiger partial charge in [0.05, 0.1) is 11.3 Å². The van der Waals surface area contributed by atoms with Gasteiger partial charge in [-0.1, -0.05) is 6.07 Å². The van der Waals surface area contributed by atoms with E-state index in [2.05, 4.69) is 21.2 Å². The van der Waals surface area contributed by atoms with Gasteiger partial charge in [-0.2, -0.15) is 0 Å². The minimum atomic E-state index is -1.08. The predicted octanol–water partition coefficient (Wildman–Crippen LogP) is 4.07. The molecule has 0 saturated carbocycles. The molecule has 0 aliphatic carbocycles. The van der Waals surface area contributed by atoms with Gasteiger partial charge >= 0.3 is 5.97 Å². The number of nitrogens with one attached hydrogen (secondary N) is 1. The van der Waals surface area contributed by atoms with E-state index in [1.165, 1.54) is 17.7 Å². The molecule has 6 nitrogen and oxygen atoms in total. The van der Waals surface area contributed by atoms with Gasteiger partial charge in [-0.15, -0.1) is 0 Å². The van der Waals surface area contributed by atoms with Crippen LogP contribution in [0.1, 0.15) is 32.0 Å². The highest BCUT2D eigenvalue weighted by Crippen LogP contribution is 2.26. The highest BCUT2D eigenvalue weighted by molar-refractivity contribution is 9.10. The van der Waals surface area contributed by atoms with Gasteiger partial charge in [0.2, 0.25) is 0 Å². The lowest BCUT2D eigenvalue weighted by Gasteiger charge is -2.16. The number of carbonyl (C=O) groups excluding carboxylic acids is 2. The number of amides is 1. The zero-order valence-corrected chi connectivity index (χ0v) is 18.3. The fourth-order valence-electron chi connectivity index (χ4n) is 3.00. The van der Waals surface area contributed by atoms with Crippen LogP contribution in [-0.2, 0) is 0 Å². The molecule has 9 heteroatoms. The van der Waals surface area contributed by atoms with Crippen molar-refractivity contribution in [2.75, 3.05) is 7.05 Å². The summed E-state index contributed by atoms with van der Waals surface area (Å²) in [5, 5.41) is 2.53. The molecule has 0 atom stereocenters. The third-order valence-electron chi connectivity index (χ3n) is 4.59. The van der Waals surface area contributed by atoms with E-state index in [0.717, 1.165) is 17.7 Å². The van der Waals surface area contributed by atoms with Crippen LogP contribution in [0.2, 0.25) is 0 Å². The quantitative estimate of drug-likeness (QED) is 0.559. The Kier molecular flexibility index (Phi) is 6.35. The Hall–Kier alpha value is -3.33. The summed E-state index contributed by atoms with van der Waals surface area (Å²) in [4.78, 5) is 37.4. The normalized spacial score (nSPS) is 10.6. The number of benzene rings is 2. The SMILES string of the molecule is CNC(=O)c1ccc(C)c(-n2c(C)cc(OC(=O)c3ccc(F)cc3F)c(Br)c2=O)c1. The average molecular weight is 491 g/mol. The number of aryl methyl sites for hydroxylation is 2. The fraction of sp³-hybridized carbons (Fsp3) is 0.136. The molecule has 1 amide bonds. The van der Waals surface area contributed by atoms with Crippen LogP contribution >= 0.6 is 15.9 Å². The zero-order valence-electron chi connectivity index (χ0n) is 16.8. The van der Waals surface area contributed by atoms with E-state index in [1.54, 1.807) is 32.0 Å². The summed E-state index contributed by atoms with van der Waals surface area (Å²) in [6, 6.07) is 8.82. The van der Waals surface area contributed by atoms with Crippen LogP contribution in [0.5, 0.6) is 5.75 Å². The van der Waals surface area contributed by atoms with Crippen molar-refractivity contribution in [3.8, 4) is 11.4 Å². The molecule has 160 valence electrons. The number of aromatic nitrogens is 1. The maximum Gasteiger partial charge on any atom is 0.346 e. The van der Waals surface area contributed by atoms with Gasteiger partial charge < -0.3 is 10.1 Å². The summed E-state index contributed by atoms with van der Waals surface area (Å²) < 4.78 is 33.4. The zero-order chi connectivity index (χ0) is 22.9. The molecule has 0 aliphatic heterocycles. The lowest BCUT2D eigenvalue weighted by molar-refractivity contribution is 0.0727. The Morgan fingerprint density at radius 3 is 2.42 bits per heavy atom. The van der Waals surface area contributed by atoms with Gasteiger partial charge in [0, 0.05) is 30.4 Å². The molecule has 1 N–H and O–H groups in total. The molecule has 0 fully saturated rings. The third-order valence-corrected chi connectivity index (χ3v) is 5.32. The van der Waals surface area contributed by atoms with Crippen molar-refractivity contribution < 1.29 is 23.1 Å². The molecule has 1 aromatic heterocycles. The number of nitrogens with zero attached hydrogens (tertiary/aromatic N) is 1. The molecule has 0 saturated heterocycles. The summed E-state index contributed by atoms with van der Waals surface area (Å²) in [7, 11) is 1.50. The molecular formula is C22H17BrF2N2O4. The minimum absolute atomic E-state index is 0.0706. The molecule has 3 rings (SSSR count). The molecule has 0 bridgehead atoms. The first-order valence-electron chi connectivity index (χ1n) is 9.06. The minimum Gasteiger partial charge on any atom is -0.421 e. The first-order valence-corrected chi connectivity index (χ1v) is 9.85. The number of rotatable bonds is 4. The first kappa shape index (κ1) is 22.4. The second-order valence-electron chi connectivity index (χ2n) is 6.70. The largest absolute Gasteiger partial charge is 0.421 e. The van der Waals surface area contributed by atoms with E-state index >= 15 is 0 Å². The number of ether oxygens (including phenoxy) is 1.